The average molecular weight is 387 g/mol. The molecule has 0 spiro atoms. The van der Waals surface area contributed by atoms with Gasteiger partial charge in [0.25, 0.3) is 5.91 Å². The molecule has 0 aromatic heterocycles. The molecule has 2 aromatic rings. The molecule has 0 unspecified atom stereocenters. The number of hydrogen-bond acceptors (Lipinski definition) is 7. The zero-order valence-corrected chi connectivity index (χ0v) is 16.0. The van der Waals surface area contributed by atoms with Crippen molar-refractivity contribution in [3.63, 3.8) is 0 Å². The van der Waals surface area contributed by atoms with Crippen molar-refractivity contribution in [1.29, 1.82) is 0 Å². The maximum atomic E-state index is 12.6. The third-order valence-corrected chi connectivity index (χ3v) is 3.85. The highest BCUT2D eigenvalue weighted by Gasteiger charge is 2.21. The van der Waals surface area contributed by atoms with Gasteiger partial charge in [0.1, 0.15) is 0 Å². The molecule has 0 fully saturated rings. The Labute approximate surface area is 162 Å². The van der Waals surface area contributed by atoms with Gasteiger partial charge in [0.2, 0.25) is 0 Å². The summed E-state index contributed by atoms with van der Waals surface area (Å²) in [5.74, 6) is -0.928. The van der Waals surface area contributed by atoms with E-state index in [1.54, 1.807) is 31.2 Å². The van der Waals surface area contributed by atoms with Gasteiger partial charge in [0, 0.05) is 0 Å². The van der Waals surface area contributed by atoms with Crippen molar-refractivity contribution in [3.05, 3.63) is 53.6 Å². The van der Waals surface area contributed by atoms with E-state index in [4.69, 9.17) is 14.2 Å². The second-order valence-corrected chi connectivity index (χ2v) is 5.64. The first-order valence-electron chi connectivity index (χ1n) is 8.32. The highest BCUT2D eigenvalue weighted by molar-refractivity contribution is 6.04. The summed E-state index contributed by atoms with van der Waals surface area (Å²) in [4.78, 5) is 36.3. The fourth-order valence-electron chi connectivity index (χ4n) is 2.37. The number of amides is 1. The summed E-state index contributed by atoms with van der Waals surface area (Å²) < 4.78 is 20.2. The predicted molar refractivity (Wildman–Crippen MR) is 101 cm³/mol. The molecule has 1 amide bonds. The van der Waals surface area contributed by atoms with E-state index in [-0.39, 0.29) is 16.8 Å². The molecule has 0 heterocycles. The van der Waals surface area contributed by atoms with Crippen LogP contribution in [0.4, 0.5) is 5.69 Å². The number of methoxy groups -OCH3 is 3. The lowest BCUT2D eigenvalue weighted by Crippen LogP contribution is -2.31. The van der Waals surface area contributed by atoms with Crippen LogP contribution in [0.15, 0.2) is 42.5 Å². The Morgan fingerprint density at radius 2 is 1.54 bits per heavy atom. The fourth-order valence-corrected chi connectivity index (χ4v) is 2.37. The van der Waals surface area contributed by atoms with Crippen molar-refractivity contribution in [2.75, 3.05) is 26.6 Å². The zero-order valence-electron chi connectivity index (χ0n) is 16.0. The van der Waals surface area contributed by atoms with Crippen LogP contribution >= 0.6 is 0 Å². The van der Waals surface area contributed by atoms with Gasteiger partial charge in [0.05, 0.1) is 38.1 Å². The summed E-state index contributed by atoms with van der Waals surface area (Å²) in [7, 11) is 3.95. The predicted octanol–water partition coefficient (Wildman–Crippen LogP) is 2.67. The smallest absolute Gasteiger partial charge is 0.339 e. The molecule has 1 N–H and O–H groups in total. The third kappa shape index (κ3) is 4.79. The first kappa shape index (κ1) is 20.8. The maximum absolute atomic E-state index is 12.6. The standard InChI is InChI=1S/C20H21NO7/c1-12(28-17-8-6-5-7-16(17)25-2)18(22)21-15-11-13(19(23)26-3)9-10-14(15)20(24)27-4/h5-12H,1-4H3,(H,21,22)/t12-/m0/s1. The Balaban J connectivity index is 2.25. The van der Waals surface area contributed by atoms with Crippen molar-refractivity contribution >= 4 is 23.5 Å². The summed E-state index contributed by atoms with van der Waals surface area (Å²) in [6, 6.07) is 11.0. The zero-order chi connectivity index (χ0) is 20.7. The number of carbonyl (C=O) groups is 3. The Morgan fingerprint density at radius 3 is 2.14 bits per heavy atom. The number of rotatable bonds is 7. The molecule has 1 atom stereocenters. The number of para-hydroxylation sites is 2. The highest BCUT2D eigenvalue weighted by Crippen LogP contribution is 2.27. The van der Waals surface area contributed by atoms with E-state index >= 15 is 0 Å². The van der Waals surface area contributed by atoms with Crippen LogP contribution in [0.1, 0.15) is 27.6 Å². The molecule has 2 rings (SSSR count). The van der Waals surface area contributed by atoms with Crippen LogP contribution in [-0.4, -0.2) is 45.3 Å². The highest BCUT2D eigenvalue weighted by atomic mass is 16.5. The van der Waals surface area contributed by atoms with Crippen LogP contribution in [-0.2, 0) is 14.3 Å². The van der Waals surface area contributed by atoms with Crippen molar-refractivity contribution in [2.45, 2.75) is 13.0 Å². The average Bonchev–Trinajstić information content (AvgIpc) is 2.72. The summed E-state index contributed by atoms with van der Waals surface area (Å²) in [5.41, 5.74) is 0.368. The summed E-state index contributed by atoms with van der Waals surface area (Å²) in [6.07, 6.45) is -0.913. The molecule has 0 saturated heterocycles. The van der Waals surface area contributed by atoms with Gasteiger partial charge in [-0.15, -0.1) is 0 Å². The molecule has 0 radical (unpaired) electrons. The van der Waals surface area contributed by atoms with Crippen LogP contribution in [0.2, 0.25) is 0 Å². The fraction of sp³-hybridized carbons (Fsp3) is 0.250. The number of carbonyl (C=O) groups excluding carboxylic acids is 3. The van der Waals surface area contributed by atoms with Crippen molar-refractivity contribution < 1.29 is 33.3 Å². The molecular weight excluding hydrogens is 366 g/mol. The summed E-state index contributed by atoms with van der Waals surface area (Å²) >= 11 is 0. The molecule has 148 valence electrons. The monoisotopic (exact) mass is 387 g/mol. The maximum Gasteiger partial charge on any atom is 0.339 e. The van der Waals surface area contributed by atoms with Gasteiger partial charge in [-0.3, -0.25) is 4.79 Å². The molecule has 0 saturated carbocycles. The summed E-state index contributed by atoms with van der Waals surface area (Å²) in [5, 5.41) is 2.59. The van der Waals surface area contributed by atoms with Gasteiger partial charge < -0.3 is 24.3 Å². The Kier molecular flexibility index (Phi) is 6.97. The van der Waals surface area contributed by atoms with E-state index in [1.165, 1.54) is 39.5 Å². The Hall–Kier alpha value is -3.55. The minimum Gasteiger partial charge on any atom is -0.493 e. The van der Waals surface area contributed by atoms with Crippen molar-refractivity contribution in [3.8, 4) is 11.5 Å². The lowest BCUT2D eigenvalue weighted by Gasteiger charge is -2.18. The van der Waals surface area contributed by atoms with Crippen LogP contribution < -0.4 is 14.8 Å². The van der Waals surface area contributed by atoms with Gasteiger partial charge in [-0.25, -0.2) is 9.59 Å². The molecule has 8 heteroatoms. The van der Waals surface area contributed by atoms with Crippen molar-refractivity contribution in [2.24, 2.45) is 0 Å². The molecule has 0 aliphatic heterocycles. The van der Waals surface area contributed by atoms with E-state index in [0.29, 0.717) is 11.5 Å². The third-order valence-electron chi connectivity index (χ3n) is 3.85. The lowest BCUT2D eigenvalue weighted by molar-refractivity contribution is -0.122. The van der Waals surface area contributed by atoms with Gasteiger partial charge in [-0.2, -0.15) is 0 Å². The van der Waals surface area contributed by atoms with E-state index in [9.17, 15) is 14.4 Å². The number of benzene rings is 2. The van der Waals surface area contributed by atoms with E-state index < -0.39 is 23.9 Å². The van der Waals surface area contributed by atoms with Crippen LogP contribution in [0.25, 0.3) is 0 Å². The SMILES string of the molecule is COC(=O)c1ccc(C(=O)OC)c(NC(=O)[C@H](C)Oc2ccccc2OC)c1. The van der Waals surface area contributed by atoms with Crippen molar-refractivity contribution in [1.82, 2.24) is 0 Å². The lowest BCUT2D eigenvalue weighted by atomic mass is 10.1. The minimum absolute atomic E-state index is 0.0907. The van der Waals surface area contributed by atoms with Gasteiger partial charge in [-0.05, 0) is 37.3 Å². The Morgan fingerprint density at radius 1 is 0.893 bits per heavy atom. The van der Waals surface area contributed by atoms with Gasteiger partial charge >= 0.3 is 11.9 Å². The van der Waals surface area contributed by atoms with E-state index in [2.05, 4.69) is 10.1 Å². The largest absolute Gasteiger partial charge is 0.493 e. The number of nitrogens with one attached hydrogen (secondary N) is 1. The molecular formula is C20H21NO7. The molecule has 0 aliphatic carbocycles. The quantitative estimate of drug-likeness (QED) is 0.729. The van der Waals surface area contributed by atoms with E-state index in [1.807, 2.05) is 0 Å². The molecule has 8 nitrogen and oxygen atoms in total. The second kappa shape index (κ2) is 9.40. The van der Waals surface area contributed by atoms with E-state index in [0.717, 1.165) is 0 Å². The minimum atomic E-state index is -0.913. The number of esters is 2. The molecule has 2 aromatic carbocycles. The summed E-state index contributed by atoms with van der Waals surface area (Å²) in [6.45, 7) is 1.55. The van der Waals surface area contributed by atoms with Gasteiger partial charge in [0.15, 0.2) is 17.6 Å². The topological polar surface area (TPSA) is 100 Å². The van der Waals surface area contributed by atoms with Crippen LogP contribution in [0.3, 0.4) is 0 Å². The first-order valence-corrected chi connectivity index (χ1v) is 8.32. The molecule has 28 heavy (non-hydrogen) atoms. The van der Waals surface area contributed by atoms with Crippen LogP contribution in [0.5, 0.6) is 11.5 Å². The number of anilines is 1. The Bertz CT molecular complexity index is 879. The second-order valence-electron chi connectivity index (χ2n) is 5.64. The first-order chi connectivity index (χ1) is 13.4. The van der Waals surface area contributed by atoms with Crippen LogP contribution in [0, 0.1) is 0 Å². The molecule has 0 aliphatic rings. The normalized spacial score (nSPS) is 11.1. The van der Waals surface area contributed by atoms with Gasteiger partial charge in [-0.1, -0.05) is 12.1 Å². The number of hydrogen-bond donors (Lipinski definition) is 1. The number of ether oxygens (including phenoxy) is 4. The molecule has 0 bridgehead atoms.